The highest BCUT2D eigenvalue weighted by molar-refractivity contribution is 5.28. The van der Waals surface area contributed by atoms with Gasteiger partial charge in [0.1, 0.15) is 5.75 Å². The molecule has 1 saturated carbocycles. The van der Waals surface area contributed by atoms with Crippen molar-refractivity contribution in [1.29, 1.82) is 0 Å². The van der Waals surface area contributed by atoms with Crippen molar-refractivity contribution in [2.45, 2.75) is 57.8 Å². The second kappa shape index (κ2) is 8.45. The van der Waals surface area contributed by atoms with E-state index in [1.54, 1.807) is 7.11 Å². The molecule has 1 aromatic heterocycles. The standard InChI is InChI=1S/C21H28N2O2/c1-16-5-4-12-22-21(16)15-23(18-8-10-19(24)11-9-18)14-17-6-3-7-20(13-17)25-2/h3-7,12-13,18-19,24H,8-11,14-15H2,1-2H3. The summed E-state index contributed by atoms with van der Waals surface area (Å²) >= 11 is 0. The Morgan fingerprint density at radius 3 is 2.64 bits per heavy atom. The van der Waals surface area contributed by atoms with Gasteiger partial charge in [-0.2, -0.15) is 0 Å². The maximum absolute atomic E-state index is 9.85. The van der Waals surface area contributed by atoms with Gasteiger partial charge in [-0.15, -0.1) is 0 Å². The summed E-state index contributed by atoms with van der Waals surface area (Å²) in [6.07, 6.45) is 5.59. The Balaban J connectivity index is 1.79. The van der Waals surface area contributed by atoms with Gasteiger partial charge in [-0.3, -0.25) is 9.88 Å². The minimum Gasteiger partial charge on any atom is -0.497 e. The van der Waals surface area contributed by atoms with E-state index >= 15 is 0 Å². The summed E-state index contributed by atoms with van der Waals surface area (Å²) in [5.74, 6) is 0.894. The number of methoxy groups -OCH3 is 1. The van der Waals surface area contributed by atoms with E-state index in [-0.39, 0.29) is 6.10 Å². The van der Waals surface area contributed by atoms with Crippen LogP contribution in [0.15, 0.2) is 42.6 Å². The third-order valence-electron chi connectivity index (χ3n) is 5.17. The van der Waals surface area contributed by atoms with Crippen LogP contribution >= 0.6 is 0 Å². The van der Waals surface area contributed by atoms with Gasteiger partial charge < -0.3 is 9.84 Å². The first kappa shape index (κ1) is 17.9. The highest BCUT2D eigenvalue weighted by Crippen LogP contribution is 2.27. The van der Waals surface area contributed by atoms with E-state index in [4.69, 9.17) is 4.74 Å². The number of aromatic nitrogens is 1. The van der Waals surface area contributed by atoms with Crippen LogP contribution in [0.1, 0.15) is 42.5 Å². The number of hydrogen-bond acceptors (Lipinski definition) is 4. The van der Waals surface area contributed by atoms with E-state index in [0.717, 1.165) is 50.2 Å². The monoisotopic (exact) mass is 340 g/mol. The molecule has 1 fully saturated rings. The molecule has 0 bridgehead atoms. The van der Waals surface area contributed by atoms with Crippen molar-refractivity contribution < 1.29 is 9.84 Å². The average Bonchev–Trinajstić information content (AvgIpc) is 2.64. The number of nitrogens with zero attached hydrogens (tertiary/aromatic N) is 2. The Labute approximate surface area is 150 Å². The molecule has 0 amide bonds. The third kappa shape index (κ3) is 4.80. The number of aliphatic hydroxyl groups is 1. The number of rotatable bonds is 6. The summed E-state index contributed by atoms with van der Waals surface area (Å²) in [5.41, 5.74) is 3.62. The van der Waals surface area contributed by atoms with Gasteiger partial charge in [0.2, 0.25) is 0 Å². The Kier molecular flexibility index (Phi) is 6.05. The molecule has 2 aromatic rings. The third-order valence-corrected chi connectivity index (χ3v) is 5.17. The van der Waals surface area contributed by atoms with Gasteiger partial charge >= 0.3 is 0 Å². The Morgan fingerprint density at radius 2 is 1.92 bits per heavy atom. The van der Waals surface area contributed by atoms with E-state index in [2.05, 4.69) is 35.0 Å². The highest BCUT2D eigenvalue weighted by atomic mass is 16.5. The predicted octanol–water partition coefficient (Wildman–Crippen LogP) is 3.70. The zero-order valence-electron chi connectivity index (χ0n) is 15.2. The number of hydrogen-bond donors (Lipinski definition) is 1. The molecule has 0 unspecified atom stereocenters. The fourth-order valence-corrected chi connectivity index (χ4v) is 3.62. The Morgan fingerprint density at radius 1 is 1.12 bits per heavy atom. The van der Waals surface area contributed by atoms with Gasteiger partial charge in [-0.1, -0.05) is 18.2 Å². The molecule has 0 aliphatic heterocycles. The lowest BCUT2D eigenvalue weighted by Gasteiger charge is -2.36. The van der Waals surface area contributed by atoms with E-state index in [1.807, 2.05) is 24.4 Å². The summed E-state index contributed by atoms with van der Waals surface area (Å²) in [4.78, 5) is 7.10. The fraction of sp³-hybridized carbons (Fsp3) is 0.476. The number of aryl methyl sites for hydroxylation is 1. The largest absolute Gasteiger partial charge is 0.497 e. The normalized spacial score (nSPS) is 20.6. The Hall–Kier alpha value is -1.91. The van der Waals surface area contributed by atoms with Gasteiger partial charge in [-0.05, 0) is 61.9 Å². The van der Waals surface area contributed by atoms with E-state index in [1.165, 1.54) is 11.1 Å². The van der Waals surface area contributed by atoms with Crippen LogP contribution in [0.3, 0.4) is 0 Å². The molecule has 4 heteroatoms. The number of ether oxygens (including phenoxy) is 1. The minimum absolute atomic E-state index is 0.133. The van der Waals surface area contributed by atoms with Gasteiger partial charge in [0.25, 0.3) is 0 Å². The molecule has 1 aliphatic rings. The molecule has 1 heterocycles. The number of pyridine rings is 1. The molecule has 134 valence electrons. The molecule has 0 atom stereocenters. The van der Waals surface area contributed by atoms with Crippen LogP contribution < -0.4 is 4.74 Å². The number of benzene rings is 1. The van der Waals surface area contributed by atoms with Gasteiger partial charge in [0, 0.05) is 25.3 Å². The van der Waals surface area contributed by atoms with Gasteiger partial charge in [0.15, 0.2) is 0 Å². The topological polar surface area (TPSA) is 45.6 Å². The molecule has 1 aliphatic carbocycles. The SMILES string of the molecule is COc1cccc(CN(Cc2ncccc2C)C2CCC(O)CC2)c1. The van der Waals surface area contributed by atoms with Crippen LogP contribution in [0.4, 0.5) is 0 Å². The Bertz CT molecular complexity index is 681. The van der Waals surface area contributed by atoms with E-state index in [9.17, 15) is 5.11 Å². The summed E-state index contributed by atoms with van der Waals surface area (Å²) < 4.78 is 5.37. The van der Waals surface area contributed by atoms with E-state index in [0.29, 0.717) is 6.04 Å². The smallest absolute Gasteiger partial charge is 0.119 e. The lowest BCUT2D eigenvalue weighted by molar-refractivity contribution is 0.0659. The van der Waals surface area contributed by atoms with Crippen molar-refractivity contribution >= 4 is 0 Å². The molecular formula is C21H28N2O2. The summed E-state index contributed by atoms with van der Waals surface area (Å²) in [7, 11) is 1.71. The second-order valence-corrected chi connectivity index (χ2v) is 6.99. The molecule has 25 heavy (non-hydrogen) atoms. The first-order valence-electron chi connectivity index (χ1n) is 9.11. The molecule has 0 radical (unpaired) electrons. The average molecular weight is 340 g/mol. The fourth-order valence-electron chi connectivity index (χ4n) is 3.62. The first-order chi connectivity index (χ1) is 12.2. The number of aliphatic hydroxyl groups excluding tert-OH is 1. The van der Waals surface area contributed by atoms with Crippen LogP contribution in [-0.2, 0) is 13.1 Å². The maximum Gasteiger partial charge on any atom is 0.119 e. The van der Waals surface area contributed by atoms with E-state index < -0.39 is 0 Å². The molecule has 0 spiro atoms. The van der Waals surface area contributed by atoms with Crippen LogP contribution in [-0.4, -0.2) is 34.2 Å². The van der Waals surface area contributed by atoms with Crippen molar-refractivity contribution in [1.82, 2.24) is 9.88 Å². The predicted molar refractivity (Wildman–Crippen MR) is 99.5 cm³/mol. The molecular weight excluding hydrogens is 312 g/mol. The van der Waals surface area contributed by atoms with Crippen molar-refractivity contribution in [2.75, 3.05) is 7.11 Å². The van der Waals surface area contributed by atoms with Crippen LogP contribution in [0, 0.1) is 6.92 Å². The van der Waals surface area contributed by atoms with Crippen molar-refractivity contribution in [3.05, 3.63) is 59.4 Å². The molecule has 1 N–H and O–H groups in total. The first-order valence-corrected chi connectivity index (χ1v) is 9.11. The van der Waals surface area contributed by atoms with Crippen molar-refractivity contribution in [2.24, 2.45) is 0 Å². The summed E-state index contributed by atoms with van der Waals surface area (Å²) in [6, 6.07) is 12.9. The summed E-state index contributed by atoms with van der Waals surface area (Å²) in [6.45, 7) is 3.83. The molecule has 4 nitrogen and oxygen atoms in total. The van der Waals surface area contributed by atoms with Gasteiger partial charge in [0.05, 0.1) is 18.9 Å². The van der Waals surface area contributed by atoms with Crippen molar-refractivity contribution in [3.8, 4) is 5.75 Å². The highest BCUT2D eigenvalue weighted by Gasteiger charge is 2.25. The van der Waals surface area contributed by atoms with Crippen LogP contribution in [0.2, 0.25) is 0 Å². The van der Waals surface area contributed by atoms with Crippen molar-refractivity contribution in [3.63, 3.8) is 0 Å². The van der Waals surface area contributed by atoms with Crippen LogP contribution in [0.5, 0.6) is 5.75 Å². The second-order valence-electron chi connectivity index (χ2n) is 6.99. The maximum atomic E-state index is 9.85. The molecule has 1 aromatic carbocycles. The lowest BCUT2D eigenvalue weighted by atomic mass is 9.91. The minimum atomic E-state index is -0.133. The lowest BCUT2D eigenvalue weighted by Crippen LogP contribution is -2.38. The molecule has 0 saturated heterocycles. The zero-order chi connectivity index (χ0) is 17.6. The van der Waals surface area contributed by atoms with Crippen LogP contribution in [0.25, 0.3) is 0 Å². The zero-order valence-corrected chi connectivity index (χ0v) is 15.2. The van der Waals surface area contributed by atoms with Gasteiger partial charge in [-0.25, -0.2) is 0 Å². The molecule has 3 rings (SSSR count). The summed E-state index contributed by atoms with van der Waals surface area (Å²) in [5, 5.41) is 9.85. The quantitative estimate of drug-likeness (QED) is 0.871.